The lowest BCUT2D eigenvalue weighted by molar-refractivity contribution is -0.116. The Bertz CT molecular complexity index is 795. The van der Waals surface area contributed by atoms with Gasteiger partial charge in [0.15, 0.2) is 11.5 Å². The van der Waals surface area contributed by atoms with Crippen LogP contribution >= 0.6 is 0 Å². The fourth-order valence-electron chi connectivity index (χ4n) is 2.48. The summed E-state index contributed by atoms with van der Waals surface area (Å²) in [6.45, 7) is 2.91. The predicted molar refractivity (Wildman–Crippen MR) is 77.6 cm³/mol. The number of nitrogens with one attached hydrogen (secondary N) is 1. The maximum atomic E-state index is 11.3. The van der Waals surface area contributed by atoms with Gasteiger partial charge in [0.2, 0.25) is 11.5 Å². The van der Waals surface area contributed by atoms with Crippen molar-refractivity contribution in [2.24, 2.45) is 4.99 Å². The van der Waals surface area contributed by atoms with Crippen molar-refractivity contribution < 1.29 is 14.3 Å². The number of fused-ring (bicyclic) bond motifs is 3. The normalized spacial score (nSPS) is 14.0. The highest BCUT2D eigenvalue weighted by Gasteiger charge is 2.18. The average Bonchev–Trinajstić information content (AvgIpc) is 2.95. The number of anilines is 1. The van der Waals surface area contributed by atoms with Crippen LogP contribution in [0.15, 0.2) is 17.1 Å². The van der Waals surface area contributed by atoms with Crippen molar-refractivity contribution in [3.05, 3.63) is 17.8 Å². The van der Waals surface area contributed by atoms with Gasteiger partial charge in [-0.25, -0.2) is 4.98 Å². The molecule has 1 N–H and O–H groups in total. The van der Waals surface area contributed by atoms with Gasteiger partial charge in [0.1, 0.15) is 5.82 Å². The second-order valence-corrected chi connectivity index (χ2v) is 4.69. The fourth-order valence-corrected chi connectivity index (χ4v) is 2.48. The first-order valence-corrected chi connectivity index (χ1v) is 6.59. The summed E-state index contributed by atoms with van der Waals surface area (Å²) in [6, 6.07) is 3.66. The molecule has 21 heavy (non-hydrogen) atoms. The Labute approximate surface area is 121 Å². The number of methoxy groups -OCH3 is 2. The molecule has 1 aromatic heterocycles. The van der Waals surface area contributed by atoms with Crippen LogP contribution in [0, 0.1) is 0 Å². The molecular weight excluding hydrogens is 272 g/mol. The molecule has 0 fully saturated rings. The lowest BCUT2D eigenvalue weighted by atomic mass is 10.2. The molecule has 0 aliphatic carbocycles. The highest BCUT2D eigenvalue weighted by atomic mass is 16.5. The number of nitrogens with zero attached hydrogens (tertiary/aromatic N) is 3. The van der Waals surface area contributed by atoms with Gasteiger partial charge < -0.3 is 14.8 Å². The molecule has 7 nitrogen and oxygen atoms in total. The number of benzene rings is 1. The van der Waals surface area contributed by atoms with E-state index in [0.29, 0.717) is 22.6 Å². The lowest BCUT2D eigenvalue weighted by Gasteiger charge is -2.12. The Balaban J connectivity index is 2.38. The van der Waals surface area contributed by atoms with E-state index in [2.05, 4.69) is 15.3 Å². The van der Waals surface area contributed by atoms with E-state index in [1.165, 1.54) is 6.92 Å². The number of ether oxygens (including phenoxy) is 2. The van der Waals surface area contributed by atoms with Gasteiger partial charge >= 0.3 is 0 Å². The largest absolute Gasteiger partial charge is 0.493 e. The third-order valence-corrected chi connectivity index (χ3v) is 3.37. The van der Waals surface area contributed by atoms with Crippen molar-refractivity contribution in [2.45, 2.75) is 13.5 Å². The van der Waals surface area contributed by atoms with Gasteiger partial charge in [0.25, 0.3) is 0 Å². The zero-order valence-electron chi connectivity index (χ0n) is 12.1. The van der Waals surface area contributed by atoms with Crippen molar-refractivity contribution in [1.29, 1.82) is 0 Å². The topological polar surface area (TPSA) is 77.7 Å². The number of hydrogen-bond acceptors (Lipinski definition) is 5. The van der Waals surface area contributed by atoms with E-state index < -0.39 is 0 Å². The summed E-state index contributed by atoms with van der Waals surface area (Å²) in [6.07, 6.45) is 0. The van der Waals surface area contributed by atoms with Crippen LogP contribution in [0.5, 0.6) is 11.5 Å². The fraction of sp³-hybridized carbons (Fsp3) is 0.357. The Morgan fingerprint density at radius 2 is 2.05 bits per heavy atom. The van der Waals surface area contributed by atoms with Gasteiger partial charge in [-0.1, -0.05) is 0 Å². The zero-order chi connectivity index (χ0) is 15.0. The first-order chi connectivity index (χ1) is 10.1. The maximum Gasteiger partial charge on any atom is 0.245 e. The van der Waals surface area contributed by atoms with Crippen molar-refractivity contribution in [3.63, 3.8) is 0 Å². The molecule has 0 saturated carbocycles. The van der Waals surface area contributed by atoms with Crippen LogP contribution in [0.1, 0.15) is 6.92 Å². The highest BCUT2D eigenvalue weighted by molar-refractivity contribution is 5.92. The van der Waals surface area contributed by atoms with Crippen LogP contribution < -0.4 is 20.4 Å². The molecule has 0 spiro atoms. The molecule has 1 aliphatic rings. The van der Waals surface area contributed by atoms with Crippen molar-refractivity contribution in [2.75, 3.05) is 26.1 Å². The van der Waals surface area contributed by atoms with Gasteiger partial charge in [0, 0.05) is 31.5 Å². The molecule has 1 amide bonds. The van der Waals surface area contributed by atoms with E-state index in [1.54, 1.807) is 20.3 Å². The van der Waals surface area contributed by atoms with E-state index >= 15 is 0 Å². The minimum absolute atomic E-state index is 0.274. The van der Waals surface area contributed by atoms with Crippen LogP contribution in [0.25, 0.3) is 10.9 Å². The number of rotatable bonds is 2. The summed E-state index contributed by atoms with van der Waals surface area (Å²) in [4.78, 5) is 19.7. The highest BCUT2D eigenvalue weighted by Crippen LogP contribution is 2.34. The van der Waals surface area contributed by atoms with Crippen molar-refractivity contribution >= 4 is 22.6 Å². The molecule has 2 aromatic rings. The van der Waals surface area contributed by atoms with Crippen LogP contribution in [0.4, 0.5) is 5.82 Å². The summed E-state index contributed by atoms with van der Waals surface area (Å²) < 4.78 is 12.5. The molecule has 2 heterocycles. The lowest BCUT2D eigenvalue weighted by Crippen LogP contribution is -2.24. The van der Waals surface area contributed by atoms with Gasteiger partial charge in [-0.3, -0.25) is 9.36 Å². The molecule has 1 aromatic carbocycles. The summed E-state index contributed by atoms with van der Waals surface area (Å²) in [5.74, 6) is 1.85. The number of hydrogen-bond donors (Lipinski definition) is 1. The summed E-state index contributed by atoms with van der Waals surface area (Å²) in [5.41, 5.74) is 1.11. The molecule has 0 atom stereocenters. The first kappa shape index (κ1) is 13.4. The van der Waals surface area contributed by atoms with E-state index in [0.717, 1.165) is 24.3 Å². The van der Waals surface area contributed by atoms with Crippen LogP contribution in [-0.4, -0.2) is 36.2 Å². The van der Waals surface area contributed by atoms with Gasteiger partial charge in [-0.05, 0) is 6.07 Å². The van der Waals surface area contributed by atoms with Gasteiger partial charge in [0.05, 0.1) is 19.7 Å². The third-order valence-electron chi connectivity index (χ3n) is 3.37. The molecule has 7 heteroatoms. The Morgan fingerprint density at radius 3 is 2.71 bits per heavy atom. The van der Waals surface area contributed by atoms with Crippen LogP contribution in [0.2, 0.25) is 0 Å². The Hall–Kier alpha value is -2.57. The minimum atomic E-state index is -0.274. The zero-order valence-corrected chi connectivity index (χ0v) is 12.1. The van der Waals surface area contributed by atoms with Gasteiger partial charge in [-0.15, -0.1) is 0 Å². The number of amides is 1. The molecular formula is C14H16N4O3. The first-order valence-electron chi connectivity index (χ1n) is 6.59. The molecule has 0 unspecified atom stereocenters. The van der Waals surface area contributed by atoms with Crippen molar-refractivity contribution in [1.82, 2.24) is 9.55 Å². The minimum Gasteiger partial charge on any atom is -0.493 e. The quantitative estimate of drug-likeness (QED) is 0.889. The number of carbonyl (C=O) groups is 1. The van der Waals surface area contributed by atoms with E-state index in [-0.39, 0.29) is 5.91 Å². The summed E-state index contributed by atoms with van der Waals surface area (Å²) >= 11 is 0. The maximum absolute atomic E-state index is 11.3. The third kappa shape index (κ3) is 2.20. The van der Waals surface area contributed by atoms with Gasteiger partial charge in [-0.2, -0.15) is 4.99 Å². The molecule has 0 radical (unpaired) electrons. The summed E-state index contributed by atoms with van der Waals surface area (Å²) in [5, 5.41) is 4.21. The second-order valence-electron chi connectivity index (χ2n) is 4.69. The monoisotopic (exact) mass is 288 g/mol. The molecule has 110 valence electrons. The van der Waals surface area contributed by atoms with Crippen LogP contribution in [-0.2, 0) is 11.3 Å². The molecule has 0 bridgehead atoms. The average molecular weight is 288 g/mol. The van der Waals surface area contributed by atoms with Crippen LogP contribution in [0.3, 0.4) is 0 Å². The predicted octanol–water partition coefficient (Wildman–Crippen LogP) is 0.926. The smallest absolute Gasteiger partial charge is 0.245 e. The second kappa shape index (κ2) is 5.08. The SMILES string of the molecule is COc1cc2nc(=NC(C)=O)n3c(c2cc1OC)NCC3. The molecule has 1 aliphatic heterocycles. The number of aromatic nitrogens is 2. The Kier molecular flexibility index (Phi) is 3.25. The number of carbonyl (C=O) groups excluding carboxylic acids is 1. The molecule has 3 rings (SSSR count). The molecule has 0 saturated heterocycles. The Morgan fingerprint density at radius 1 is 1.33 bits per heavy atom. The van der Waals surface area contributed by atoms with Crippen molar-refractivity contribution in [3.8, 4) is 11.5 Å². The van der Waals surface area contributed by atoms with E-state index in [1.807, 2.05) is 10.6 Å². The van der Waals surface area contributed by atoms with E-state index in [4.69, 9.17) is 9.47 Å². The standard InChI is InChI=1S/C14H16N4O3/c1-8(19)16-14-17-10-7-12(21-3)11(20-2)6-9(10)13-15-4-5-18(13)14/h6-7,15H,4-5H2,1-3H3. The summed E-state index contributed by atoms with van der Waals surface area (Å²) in [7, 11) is 3.17. The van der Waals surface area contributed by atoms with E-state index in [9.17, 15) is 4.79 Å².